The van der Waals surface area contributed by atoms with Gasteiger partial charge in [0.05, 0.1) is 11.1 Å². The zero-order chi connectivity index (χ0) is 22.0. The van der Waals surface area contributed by atoms with Crippen LogP contribution in [0, 0.1) is 5.92 Å². The van der Waals surface area contributed by atoms with Crippen molar-refractivity contribution in [2.24, 2.45) is 5.92 Å². The van der Waals surface area contributed by atoms with Crippen molar-refractivity contribution < 1.29 is 14.3 Å². The Balaban J connectivity index is 1.57. The van der Waals surface area contributed by atoms with Gasteiger partial charge in [-0.05, 0) is 54.0 Å². The van der Waals surface area contributed by atoms with Crippen molar-refractivity contribution in [3.8, 4) is 22.9 Å². The summed E-state index contributed by atoms with van der Waals surface area (Å²) < 4.78 is 12.6. The summed E-state index contributed by atoms with van der Waals surface area (Å²) in [5.74, 6) is 1.82. The molecule has 0 radical (unpaired) electrons. The molecule has 31 heavy (non-hydrogen) atoms. The normalized spacial score (nSPS) is 11.9. The van der Waals surface area contributed by atoms with Crippen LogP contribution < -0.4 is 19.6 Å². The molecular formula is C23H21N3O4S. The smallest absolute Gasteiger partial charge is 0.308 e. The third kappa shape index (κ3) is 4.80. The van der Waals surface area contributed by atoms with Gasteiger partial charge in [-0.1, -0.05) is 37.3 Å². The van der Waals surface area contributed by atoms with Gasteiger partial charge in [0.1, 0.15) is 11.5 Å². The number of thiazole rings is 1. The molecule has 0 aliphatic heterocycles. The predicted octanol–water partition coefficient (Wildman–Crippen LogP) is 3.33. The summed E-state index contributed by atoms with van der Waals surface area (Å²) in [5, 5.41) is 4.38. The van der Waals surface area contributed by atoms with Gasteiger partial charge in [-0.3, -0.25) is 9.59 Å². The zero-order valence-corrected chi connectivity index (χ0v) is 18.2. The van der Waals surface area contributed by atoms with Crippen LogP contribution >= 0.6 is 11.3 Å². The molecule has 158 valence electrons. The molecule has 0 bridgehead atoms. The average molecular weight is 436 g/mol. The first-order valence-corrected chi connectivity index (χ1v) is 10.6. The Hall–Kier alpha value is -3.52. The molecule has 0 aliphatic carbocycles. The highest BCUT2D eigenvalue weighted by Gasteiger charge is 2.12. The SMILES string of the molecule is CC(=O)Oc1ccc(/C=c2/sc3nc(-c4ccc(OCC(C)C)cc4)nn3c2=O)cc1. The van der Waals surface area contributed by atoms with E-state index in [2.05, 4.69) is 23.9 Å². The summed E-state index contributed by atoms with van der Waals surface area (Å²) in [5.41, 5.74) is 1.41. The minimum Gasteiger partial charge on any atom is -0.493 e. The minimum atomic E-state index is -0.377. The van der Waals surface area contributed by atoms with E-state index in [0.29, 0.717) is 33.6 Å². The van der Waals surface area contributed by atoms with Gasteiger partial charge in [-0.2, -0.15) is 9.50 Å². The molecule has 0 fully saturated rings. The van der Waals surface area contributed by atoms with E-state index in [0.717, 1.165) is 16.9 Å². The number of ether oxygens (including phenoxy) is 2. The van der Waals surface area contributed by atoms with Crippen molar-refractivity contribution in [3.63, 3.8) is 0 Å². The van der Waals surface area contributed by atoms with Gasteiger partial charge in [-0.25, -0.2) is 0 Å². The summed E-state index contributed by atoms with van der Waals surface area (Å²) in [6, 6.07) is 14.5. The van der Waals surface area contributed by atoms with Gasteiger partial charge in [-0.15, -0.1) is 5.10 Å². The summed E-state index contributed by atoms with van der Waals surface area (Å²) in [7, 11) is 0. The number of nitrogens with zero attached hydrogens (tertiary/aromatic N) is 3. The summed E-state index contributed by atoms with van der Waals surface area (Å²) in [6.45, 7) is 6.20. The number of aromatic nitrogens is 3. The van der Waals surface area contributed by atoms with Crippen molar-refractivity contribution in [1.29, 1.82) is 0 Å². The molecule has 0 aliphatic rings. The lowest BCUT2D eigenvalue weighted by Crippen LogP contribution is -2.23. The lowest BCUT2D eigenvalue weighted by atomic mass is 10.2. The number of carbonyl (C=O) groups excluding carboxylic acids is 1. The number of carbonyl (C=O) groups is 1. The van der Waals surface area contributed by atoms with Crippen LogP contribution in [0.15, 0.2) is 53.3 Å². The van der Waals surface area contributed by atoms with Crippen molar-refractivity contribution in [2.75, 3.05) is 6.61 Å². The van der Waals surface area contributed by atoms with Crippen LogP contribution in [0.5, 0.6) is 11.5 Å². The number of fused-ring (bicyclic) bond motifs is 1. The number of esters is 1. The van der Waals surface area contributed by atoms with Crippen LogP contribution in [0.2, 0.25) is 0 Å². The first-order valence-electron chi connectivity index (χ1n) is 9.82. The molecule has 4 aromatic rings. The fraction of sp³-hybridized carbons (Fsp3) is 0.217. The molecular weight excluding hydrogens is 414 g/mol. The second kappa shape index (κ2) is 8.69. The first kappa shape index (κ1) is 20.7. The maximum absolute atomic E-state index is 12.7. The second-order valence-corrected chi connectivity index (χ2v) is 8.45. The lowest BCUT2D eigenvalue weighted by molar-refractivity contribution is -0.131. The standard InChI is InChI=1S/C23H21N3O4S/c1-14(2)13-29-18-10-6-17(7-11-18)21-24-23-26(25-21)22(28)20(31-23)12-16-4-8-19(9-5-16)30-15(3)27/h4-12,14H,13H2,1-3H3/b20-12+. The monoisotopic (exact) mass is 435 g/mol. The van der Waals surface area contributed by atoms with E-state index < -0.39 is 0 Å². The second-order valence-electron chi connectivity index (χ2n) is 7.44. The fourth-order valence-corrected chi connectivity index (χ4v) is 3.78. The third-order valence-electron chi connectivity index (χ3n) is 4.32. The Kier molecular flexibility index (Phi) is 5.81. The van der Waals surface area contributed by atoms with Crippen molar-refractivity contribution in [2.45, 2.75) is 20.8 Å². The molecule has 4 rings (SSSR count). The number of hydrogen-bond acceptors (Lipinski definition) is 7. The molecule has 0 spiro atoms. The van der Waals surface area contributed by atoms with Crippen LogP contribution in [0.3, 0.4) is 0 Å². The Morgan fingerprint density at radius 3 is 2.39 bits per heavy atom. The van der Waals surface area contributed by atoms with Crippen molar-refractivity contribution in [3.05, 3.63) is 69.0 Å². The summed E-state index contributed by atoms with van der Waals surface area (Å²) >= 11 is 1.27. The van der Waals surface area contributed by atoms with Crippen molar-refractivity contribution in [1.82, 2.24) is 14.6 Å². The first-order chi connectivity index (χ1) is 14.9. The van der Waals surface area contributed by atoms with Crippen LogP contribution in [0.25, 0.3) is 22.4 Å². The van der Waals surface area contributed by atoms with Gasteiger partial charge in [0.2, 0.25) is 4.96 Å². The van der Waals surface area contributed by atoms with E-state index >= 15 is 0 Å². The van der Waals surface area contributed by atoms with Crippen LogP contribution in [0.4, 0.5) is 0 Å². The van der Waals surface area contributed by atoms with E-state index in [1.165, 1.54) is 22.8 Å². The molecule has 7 nitrogen and oxygen atoms in total. The third-order valence-corrected chi connectivity index (χ3v) is 5.28. The van der Waals surface area contributed by atoms with E-state index in [1.54, 1.807) is 30.3 Å². The van der Waals surface area contributed by atoms with Gasteiger partial charge < -0.3 is 9.47 Å². The Morgan fingerprint density at radius 2 is 1.77 bits per heavy atom. The Morgan fingerprint density at radius 1 is 1.10 bits per heavy atom. The van der Waals surface area contributed by atoms with E-state index in [1.807, 2.05) is 24.3 Å². The highest BCUT2D eigenvalue weighted by Crippen LogP contribution is 2.21. The van der Waals surface area contributed by atoms with E-state index in [4.69, 9.17) is 9.47 Å². The fourth-order valence-electron chi connectivity index (χ4n) is 2.87. The van der Waals surface area contributed by atoms with Gasteiger partial charge in [0.15, 0.2) is 5.82 Å². The van der Waals surface area contributed by atoms with E-state index in [-0.39, 0.29) is 11.5 Å². The minimum absolute atomic E-state index is 0.223. The lowest BCUT2D eigenvalue weighted by Gasteiger charge is -2.08. The Bertz CT molecular complexity index is 1320. The highest BCUT2D eigenvalue weighted by atomic mass is 32.1. The number of benzene rings is 2. The maximum atomic E-state index is 12.7. The van der Waals surface area contributed by atoms with Crippen molar-refractivity contribution >= 4 is 28.3 Å². The number of hydrogen-bond donors (Lipinski definition) is 0. The molecule has 0 unspecified atom stereocenters. The zero-order valence-electron chi connectivity index (χ0n) is 17.4. The van der Waals surface area contributed by atoms with Crippen LogP contribution in [-0.2, 0) is 4.79 Å². The van der Waals surface area contributed by atoms with Gasteiger partial charge >= 0.3 is 5.97 Å². The van der Waals surface area contributed by atoms with E-state index in [9.17, 15) is 9.59 Å². The van der Waals surface area contributed by atoms with Crippen LogP contribution in [-0.4, -0.2) is 27.2 Å². The molecule has 2 heterocycles. The maximum Gasteiger partial charge on any atom is 0.308 e. The van der Waals surface area contributed by atoms with Gasteiger partial charge in [0, 0.05) is 12.5 Å². The summed E-state index contributed by atoms with van der Waals surface area (Å²) in [6.07, 6.45) is 1.77. The molecule has 2 aromatic heterocycles. The molecule has 0 saturated heterocycles. The molecule has 2 aromatic carbocycles. The Labute approximate surface area is 182 Å². The molecule has 0 atom stereocenters. The molecule has 8 heteroatoms. The molecule has 0 amide bonds. The highest BCUT2D eigenvalue weighted by molar-refractivity contribution is 7.15. The summed E-state index contributed by atoms with van der Waals surface area (Å²) in [4.78, 5) is 28.8. The quantitative estimate of drug-likeness (QED) is 0.341. The topological polar surface area (TPSA) is 82.8 Å². The number of rotatable bonds is 6. The molecule has 0 saturated carbocycles. The predicted molar refractivity (Wildman–Crippen MR) is 119 cm³/mol. The largest absolute Gasteiger partial charge is 0.493 e. The van der Waals surface area contributed by atoms with Gasteiger partial charge in [0.25, 0.3) is 5.56 Å². The average Bonchev–Trinajstić information content (AvgIpc) is 3.27. The molecule has 0 N–H and O–H groups in total. The van der Waals surface area contributed by atoms with Crippen LogP contribution in [0.1, 0.15) is 26.3 Å².